The van der Waals surface area contributed by atoms with Gasteiger partial charge < -0.3 is 10.4 Å². The van der Waals surface area contributed by atoms with E-state index in [0.717, 1.165) is 53.0 Å². The zero-order chi connectivity index (χ0) is 21.2. The first kappa shape index (κ1) is 19.2. The van der Waals surface area contributed by atoms with Crippen LogP contribution in [-0.2, 0) is 6.54 Å². The predicted molar refractivity (Wildman–Crippen MR) is 120 cm³/mol. The molecule has 2 N–H and O–H groups in total. The van der Waals surface area contributed by atoms with Crippen LogP contribution in [0.25, 0.3) is 21.9 Å². The number of nitriles is 1. The summed E-state index contributed by atoms with van der Waals surface area (Å²) in [7, 11) is 0. The van der Waals surface area contributed by atoms with E-state index in [1.54, 1.807) is 24.5 Å². The van der Waals surface area contributed by atoms with E-state index < -0.39 is 0 Å². The Morgan fingerprint density at radius 1 is 1.00 bits per heavy atom. The minimum Gasteiger partial charge on any atom is -0.508 e. The van der Waals surface area contributed by atoms with Gasteiger partial charge in [-0.05, 0) is 62.3 Å². The Kier molecular flexibility index (Phi) is 5.06. The second-order valence-electron chi connectivity index (χ2n) is 7.86. The number of nitrogens with one attached hydrogen (secondary N) is 1. The van der Waals surface area contributed by atoms with Gasteiger partial charge in [0.25, 0.3) is 0 Å². The molecule has 1 fully saturated rings. The number of pyridine rings is 1. The number of likely N-dealkylation sites (tertiary alicyclic amines) is 1. The highest BCUT2D eigenvalue weighted by atomic mass is 16.3. The number of piperidine rings is 1. The normalized spacial score (nSPS) is 14.5. The van der Waals surface area contributed by atoms with Crippen molar-refractivity contribution in [1.29, 1.82) is 5.26 Å². The lowest BCUT2D eigenvalue weighted by molar-refractivity contribution is 0.218. The number of hydrogen-bond donors (Lipinski definition) is 2. The summed E-state index contributed by atoms with van der Waals surface area (Å²) < 4.78 is 0. The fourth-order valence-electron chi connectivity index (χ4n) is 4.22. The standard InChI is InChI=1S/C24H22N6O/c25-14-18-13-21(23-19(29-18)5-6-20-24(23)27-9-8-26-20)28-17-4-7-22(31)16(12-17)15-30-10-2-1-3-11-30/h4-9,12-13,31H,1-3,10-11,15H2,(H,28,29). The van der Waals surface area contributed by atoms with E-state index >= 15 is 0 Å². The maximum atomic E-state index is 10.4. The third kappa shape index (κ3) is 3.86. The fraction of sp³-hybridized carbons (Fsp3) is 0.250. The number of hydrogen-bond acceptors (Lipinski definition) is 7. The van der Waals surface area contributed by atoms with Gasteiger partial charge in [0.1, 0.15) is 23.0 Å². The average Bonchev–Trinajstić information content (AvgIpc) is 2.81. The summed E-state index contributed by atoms with van der Waals surface area (Å²) in [5.74, 6) is 0.296. The van der Waals surface area contributed by atoms with Gasteiger partial charge in [0.05, 0.1) is 22.1 Å². The van der Waals surface area contributed by atoms with Crippen LogP contribution in [0.5, 0.6) is 5.75 Å². The second-order valence-corrected chi connectivity index (χ2v) is 7.86. The highest BCUT2D eigenvalue weighted by molar-refractivity contribution is 6.10. The lowest BCUT2D eigenvalue weighted by Crippen LogP contribution is -2.29. The van der Waals surface area contributed by atoms with E-state index in [1.165, 1.54) is 19.3 Å². The van der Waals surface area contributed by atoms with Crippen molar-refractivity contribution in [3.05, 3.63) is 60.0 Å². The Bertz CT molecular complexity index is 1310. The molecule has 5 rings (SSSR count). The second kappa shape index (κ2) is 8.17. The third-order valence-corrected chi connectivity index (χ3v) is 5.73. The minimum atomic E-state index is 0.296. The van der Waals surface area contributed by atoms with E-state index in [2.05, 4.69) is 31.2 Å². The molecular formula is C24H22N6O. The van der Waals surface area contributed by atoms with Gasteiger partial charge in [-0.3, -0.25) is 14.9 Å². The predicted octanol–water partition coefficient (Wildman–Crippen LogP) is 4.48. The highest BCUT2D eigenvalue weighted by Gasteiger charge is 2.15. The fourth-order valence-corrected chi connectivity index (χ4v) is 4.22. The summed E-state index contributed by atoms with van der Waals surface area (Å²) in [6, 6.07) is 13.1. The molecule has 0 spiro atoms. The summed E-state index contributed by atoms with van der Waals surface area (Å²) in [4.78, 5) is 15.7. The van der Waals surface area contributed by atoms with Crippen LogP contribution in [-0.4, -0.2) is 38.0 Å². The molecule has 0 atom stereocenters. The van der Waals surface area contributed by atoms with Crippen molar-refractivity contribution in [3.63, 3.8) is 0 Å². The maximum Gasteiger partial charge on any atom is 0.143 e. The van der Waals surface area contributed by atoms with Gasteiger partial charge in [-0.15, -0.1) is 0 Å². The van der Waals surface area contributed by atoms with Crippen LogP contribution in [0.3, 0.4) is 0 Å². The lowest BCUT2D eigenvalue weighted by atomic mass is 10.1. The van der Waals surface area contributed by atoms with E-state index in [4.69, 9.17) is 0 Å². The Morgan fingerprint density at radius 3 is 2.65 bits per heavy atom. The molecule has 0 saturated carbocycles. The van der Waals surface area contributed by atoms with Gasteiger partial charge >= 0.3 is 0 Å². The van der Waals surface area contributed by atoms with Crippen molar-refractivity contribution in [1.82, 2.24) is 19.9 Å². The minimum absolute atomic E-state index is 0.296. The van der Waals surface area contributed by atoms with Crippen molar-refractivity contribution >= 4 is 33.3 Å². The molecule has 31 heavy (non-hydrogen) atoms. The molecule has 0 amide bonds. The van der Waals surface area contributed by atoms with Crippen LogP contribution >= 0.6 is 0 Å². The van der Waals surface area contributed by atoms with Gasteiger partial charge in [-0.1, -0.05) is 6.42 Å². The molecule has 7 nitrogen and oxygen atoms in total. The molecule has 1 aliphatic rings. The van der Waals surface area contributed by atoms with Crippen LogP contribution in [0, 0.1) is 11.3 Å². The molecule has 2 aromatic heterocycles. The lowest BCUT2D eigenvalue weighted by Gasteiger charge is -2.26. The molecule has 154 valence electrons. The number of aromatic hydroxyl groups is 1. The number of aromatic nitrogens is 3. The van der Waals surface area contributed by atoms with Gasteiger partial charge in [-0.2, -0.15) is 5.26 Å². The molecule has 3 heterocycles. The number of anilines is 2. The first-order chi connectivity index (χ1) is 15.2. The van der Waals surface area contributed by atoms with Gasteiger partial charge in [0.2, 0.25) is 0 Å². The number of rotatable bonds is 4. The number of fused-ring (bicyclic) bond motifs is 3. The summed E-state index contributed by atoms with van der Waals surface area (Å²) in [5, 5.41) is 24.1. The monoisotopic (exact) mass is 410 g/mol. The SMILES string of the molecule is N#Cc1cc(Nc2ccc(O)c(CN3CCCCC3)c2)c2c(ccc3nccnc32)n1. The van der Waals surface area contributed by atoms with E-state index in [0.29, 0.717) is 17.0 Å². The summed E-state index contributed by atoms with van der Waals surface area (Å²) in [5.41, 5.74) is 4.96. The molecule has 7 heteroatoms. The average molecular weight is 410 g/mol. The Labute approximate surface area is 180 Å². The molecule has 0 unspecified atom stereocenters. The van der Waals surface area contributed by atoms with Crippen molar-refractivity contribution in [2.75, 3.05) is 18.4 Å². The Morgan fingerprint density at radius 2 is 1.81 bits per heavy atom. The number of phenolic OH excluding ortho intramolecular Hbond substituents is 1. The van der Waals surface area contributed by atoms with E-state index in [-0.39, 0.29) is 0 Å². The molecule has 0 aliphatic carbocycles. The summed E-state index contributed by atoms with van der Waals surface area (Å²) >= 11 is 0. The summed E-state index contributed by atoms with van der Waals surface area (Å²) in [6.07, 6.45) is 6.99. The smallest absolute Gasteiger partial charge is 0.143 e. The van der Waals surface area contributed by atoms with Crippen LogP contribution in [0.1, 0.15) is 30.5 Å². The van der Waals surface area contributed by atoms with Gasteiger partial charge in [0.15, 0.2) is 0 Å². The van der Waals surface area contributed by atoms with Crippen molar-refractivity contribution < 1.29 is 5.11 Å². The van der Waals surface area contributed by atoms with E-state index in [1.807, 2.05) is 24.3 Å². The maximum absolute atomic E-state index is 10.4. The zero-order valence-electron chi connectivity index (χ0n) is 17.0. The summed E-state index contributed by atoms with van der Waals surface area (Å²) in [6.45, 7) is 2.83. The molecule has 2 aromatic carbocycles. The highest BCUT2D eigenvalue weighted by Crippen LogP contribution is 2.33. The Balaban J connectivity index is 1.56. The third-order valence-electron chi connectivity index (χ3n) is 5.73. The topological polar surface area (TPSA) is 98.0 Å². The molecule has 1 aliphatic heterocycles. The molecule has 0 bridgehead atoms. The van der Waals surface area contributed by atoms with Crippen molar-refractivity contribution in [2.45, 2.75) is 25.8 Å². The van der Waals surface area contributed by atoms with E-state index in [9.17, 15) is 10.4 Å². The van der Waals surface area contributed by atoms with Gasteiger partial charge in [0, 0.05) is 30.2 Å². The molecular weight excluding hydrogens is 388 g/mol. The largest absolute Gasteiger partial charge is 0.508 e. The van der Waals surface area contributed by atoms with Gasteiger partial charge in [-0.25, -0.2) is 4.98 Å². The number of phenols is 1. The van der Waals surface area contributed by atoms with Crippen LogP contribution in [0.4, 0.5) is 11.4 Å². The molecule has 0 radical (unpaired) electrons. The van der Waals surface area contributed by atoms with Crippen molar-refractivity contribution in [3.8, 4) is 11.8 Å². The molecule has 1 saturated heterocycles. The zero-order valence-corrected chi connectivity index (χ0v) is 17.0. The van der Waals surface area contributed by atoms with Crippen LogP contribution in [0.15, 0.2) is 48.8 Å². The first-order valence-corrected chi connectivity index (χ1v) is 10.5. The number of benzene rings is 2. The van der Waals surface area contributed by atoms with Crippen LogP contribution < -0.4 is 5.32 Å². The Hall–Kier alpha value is -3.76. The van der Waals surface area contributed by atoms with Crippen molar-refractivity contribution in [2.24, 2.45) is 0 Å². The number of nitrogens with zero attached hydrogens (tertiary/aromatic N) is 5. The van der Waals surface area contributed by atoms with Crippen LogP contribution in [0.2, 0.25) is 0 Å². The molecule has 4 aromatic rings. The quantitative estimate of drug-likeness (QED) is 0.378. The first-order valence-electron chi connectivity index (χ1n) is 10.5.